The third-order valence-corrected chi connectivity index (χ3v) is 11.3. The molecule has 1 saturated carbocycles. The van der Waals surface area contributed by atoms with E-state index in [-0.39, 0.29) is 5.41 Å². The van der Waals surface area contributed by atoms with Gasteiger partial charge in [0.1, 0.15) is 11.3 Å². The van der Waals surface area contributed by atoms with Crippen molar-refractivity contribution < 1.29 is 14.6 Å². The highest BCUT2D eigenvalue weighted by Gasteiger charge is 2.54. The molecular formula is C38H37ClN2O3S. The van der Waals surface area contributed by atoms with E-state index in [1.54, 1.807) is 11.3 Å². The molecule has 7 heteroatoms. The van der Waals surface area contributed by atoms with Gasteiger partial charge in [0, 0.05) is 16.9 Å². The molecule has 5 nitrogen and oxygen atoms in total. The van der Waals surface area contributed by atoms with E-state index in [1.807, 2.05) is 42.6 Å². The fraction of sp³-hybridized carbons (Fsp3) is 0.316. The number of halogens is 1. The lowest BCUT2D eigenvalue weighted by molar-refractivity contribution is -0.144. The van der Waals surface area contributed by atoms with Gasteiger partial charge in [-0.05, 0) is 115 Å². The van der Waals surface area contributed by atoms with Crippen molar-refractivity contribution in [3.8, 4) is 5.75 Å². The van der Waals surface area contributed by atoms with Gasteiger partial charge in [-0.15, -0.1) is 11.3 Å². The highest BCUT2D eigenvalue weighted by atomic mass is 35.5. The van der Waals surface area contributed by atoms with Crippen LogP contribution in [0.5, 0.6) is 5.75 Å². The first-order chi connectivity index (χ1) is 21.9. The van der Waals surface area contributed by atoms with Crippen molar-refractivity contribution in [1.29, 1.82) is 0 Å². The number of benzene rings is 3. The van der Waals surface area contributed by atoms with Gasteiger partial charge >= 0.3 is 5.97 Å². The van der Waals surface area contributed by atoms with Crippen molar-refractivity contribution in [3.05, 3.63) is 124 Å². The zero-order valence-corrected chi connectivity index (χ0v) is 26.7. The standard InChI is InChI=1S/C38H37ClN2O3S/c39-30-10-6-11-31(24-30)41-38(36(42)43)17-15-37(16-18-38)29(23-28-9-4-5-12-32(28)37)22-27(21-26-7-2-1-3-8-26)25-44-34-13-19-40-33-14-20-45-35(33)34/h1-14,19-20,24,27,29,41H,15-18,21-23,25H2,(H,42,43)/t27-,29+,37?,38?/m0/s1. The quantitative estimate of drug-likeness (QED) is 0.160. The van der Waals surface area contributed by atoms with E-state index in [0.29, 0.717) is 36.3 Å². The van der Waals surface area contributed by atoms with Crippen LogP contribution >= 0.6 is 22.9 Å². The first kappa shape index (κ1) is 29.8. The number of carboxylic acids is 1. The third-order valence-electron chi connectivity index (χ3n) is 10.2. The molecule has 0 bridgehead atoms. The number of nitrogens with one attached hydrogen (secondary N) is 1. The lowest BCUT2D eigenvalue weighted by Crippen LogP contribution is -2.53. The summed E-state index contributed by atoms with van der Waals surface area (Å²) in [5.74, 6) is 0.785. The van der Waals surface area contributed by atoms with E-state index < -0.39 is 11.5 Å². The molecule has 0 aliphatic heterocycles. The Morgan fingerprint density at radius 3 is 2.60 bits per heavy atom. The molecule has 2 aliphatic carbocycles. The van der Waals surface area contributed by atoms with Crippen molar-refractivity contribution in [2.75, 3.05) is 11.9 Å². The Kier molecular flexibility index (Phi) is 8.28. The van der Waals surface area contributed by atoms with Gasteiger partial charge in [0.25, 0.3) is 0 Å². The number of anilines is 1. The van der Waals surface area contributed by atoms with Gasteiger partial charge < -0.3 is 15.2 Å². The first-order valence-corrected chi connectivity index (χ1v) is 17.0. The second-order valence-corrected chi connectivity index (χ2v) is 14.1. The van der Waals surface area contributed by atoms with Gasteiger partial charge in [-0.1, -0.05) is 72.3 Å². The minimum atomic E-state index is -1.03. The normalized spacial score (nSPS) is 23.1. The van der Waals surface area contributed by atoms with Crippen LogP contribution in [0.25, 0.3) is 10.2 Å². The molecule has 1 fully saturated rings. The van der Waals surface area contributed by atoms with Crippen molar-refractivity contribution in [1.82, 2.24) is 4.98 Å². The molecule has 2 aliphatic rings. The molecule has 0 unspecified atom stereocenters. The number of aliphatic carboxylic acids is 1. The largest absolute Gasteiger partial charge is 0.492 e. The summed E-state index contributed by atoms with van der Waals surface area (Å²) in [6.45, 7) is 0.615. The van der Waals surface area contributed by atoms with Crippen molar-refractivity contribution in [3.63, 3.8) is 0 Å². The minimum absolute atomic E-state index is 0.0713. The number of thiophene rings is 1. The summed E-state index contributed by atoms with van der Waals surface area (Å²) in [7, 11) is 0. The minimum Gasteiger partial charge on any atom is -0.492 e. The summed E-state index contributed by atoms with van der Waals surface area (Å²) >= 11 is 7.92. The Balaban J connectivity index is 1.16. The van der Waals surface area contributed by atoms with Crippen LogP contribution in [0.2, 0.25) is 5.02 Å². The summed E-state index contributed by atoms with van der Waals surface area (Å²) in [6.07, 6.45) is 7.49. The fourth-order valence-corrected chi connectivity index (χ4v) is 8.95. The van der Waals surface area contributed by atoms with Crippen molar-refractivity contribution in [2.45, 2.75) is 55.9 Å². The molecule has 1 spiro atoms. The number of fused-ring (bicyclic) bond motifs is 3. The van der Waals surface area contributed by atoms with Gasteiger partial charge in [-0.25, -0.2) is 4.79 Å². The second kappa shape index (κ2) is 12.5. The maximum atomic E-state index is 12.9. The maximum Gasteiger partial charge on any atom is 0.329 e. The van der Waals surface area contributed by atoms with Gasteiger partial charge in [0.2, 0.25) is 0 Å². The number of hydrogen-bond donors (Lipinski definition) is 2. The highest BCUT2D eigenvalue weighted by Crippen LogP contribution is 2.56. The van der Waals surface area contributed by atoms with Crippen LogP contribution in [0, 0.1) is 11.8 Å². The average molecular weight is 637 g/mol. The molecule has 2 aromatic heterocycles. The van der Waals surface area contributed by atoms with E-state index >= 15 is 0 Å². The van der Waals surface area contributed by atoms with Crippen LogP contribution in [0.1, 0.15) is 48.8 Å². The monoisotopic (exact) mass is 636 g/mol. The van der Waals surface area contributed by atoms with Gasteiger partial charge in [0.05, 0.1) is 16.8 Å². The number of carboxylic acid groups (broad SMARTS) is 1. The number of hydrogen-bond acceptors (Lipinski definition) is 5. The molecule has 230 valence electrons. The first-order valence-electron chi connectivity index (χ1n) is 15.8. The highest BCUT2D eigenvalue weighted by molar-refractivity contribution is 7.17. The zero-order valence-electron chi connectivity index (χ0n) is 25.1. The molecule has 2 atom stereocenters. The molecule has 3 aromatic carbocycles. The lowest BCUT2D eigenvalue weighted by atomic mass is 9.59. The van der Waals surface area contributed by atoms with E-state index in [4.69, 9.17) is 16.3 Å². The van der Waals surface area contributed by atoms with E-state index in [2.05, 4.69) is 70.3 Å². The van der Waals surface area contributed by atoms with Crippen LogP contribution in [0.3, 0.4) is 0 Å². The molecule has 2 heterocycles. The number of carbonyl (C=O) groups is 1. The molecule has 0 saturated heterocycles. The van der Waals surface area contributed by atoms with Gasteiger partial charge in [0.15, 0.2) is 0 Å². The average Bonchev–Trinajstić information content (AvgIpc) is 3.65. The predicted molar refractivity (Wildman–Crippen MR) is 183 cm³/mol. The van der Waals surface area contributed by atoms with Gasteiger partial charge in [-0.2, -0.15) is 0 Å². The third kappa shape index (κ3) is 5.94. The molecule has 2 N–H and O–H groups in total. The Morgan fingerprint density at radius 2 is 1.80 bits per heavy atom. The van der Waals surface area contributed by atoms with Crippen molar-refractivity contribution in [2.24, 2.45) is 11.8 Å². The van der Waals surface area contributed by atoms with Crippen LogP contribution in [-0.2, 0) is 23.1 Å². The number of rotatable bonds is 10. The maximum absolute atomic E-state index is 12.9. The van der Waals surface area contributed by atoms with E-state index in [1.165, 1.54) is 16.7 Å². The molecule has 0 amide bonds. The Hall–Kier alpha value is -3.87. The fourth-order valence-electron chi connectivity index (χ4n) is 7.94. The van der Waals surface area contributed by atoms with Crippen LogP contribution in [-0.4, -0.2) is 28.2 Å². The summed E-state index contributed by atoms with van der Waals surface area (Å²) in [5, 5.41) is 16.6. The number of ether oxygens (including phenoxy) is 1. The number of pyridine rings is 1. The van der Waals surface area contributed by atoms with Crippen LogP contribution in [0.4, 0.5) is 5.69 Å². The van der Waals surface area contributed by atoms with E-state index in [0.717, 1.165) is 53.8 Å². The topological polar surface area (TPSA) is 71.5 Å². The lowest BCUT2D eigenvalue weighted by Gasteiger charge is -2.47. The molecule has 45 heavy (non-hydrogen) atoms. The molecule has 0 radical (unpaired) electrons. The van der Waals surface area contributed by atoms with E-state index in [9.17, 15) is 9.90 Å². The summed E-state index contributed by atoms with van der Waals surface area (Å²) in [5.41, 5.74) is 4.74. The molecule has 7 rings (SSSR count). The molecule has 5 aromatic rings. The second-order valence-electron chi connectivity index (χ2n) is 12.8. The summed E-state index contributed by atoms with van der Waals surface area (Å²) in [4.78, 5) is 17.3. The zero-order chi connectivity index (χ0) is 30.9. The van der Waals surface area contributed by atoms with Crippen molar-refractivity contribution >= 4 is 44.8 Å². The number of nitrogens with zero attached hydrogens (tertiary/aromatic N) is 1. The summed E-state index contributed by atoms with van der Waals surface area (Å²) < 4.78 is 7.68. The molecular weight excluding hydrogens is 600 g/mol. The Labute approximate surface area is 273 Å². The summed E-state index contributed by atoms with van der Waals surface area (Å²) in [6, 6.07) is 30.9. The number of aromatic nitrogens is 1. The Bertz CT molecular complexity index is 1800. The SMILES string of the molecule is O=C(O)C1(Nc2cccc(Cl)c2)CCC2(CC1)c1ccccc1C[C@H]2C[C@@H](COc1ccnc2ccsc12)Cc1ccccc1. The predicted octanol–water partition coefficient (Wildman–Crippen LogP) is 9.20. The Morgan fingerprint density at radius 1 is 1.00 bits per heavy atom. The van der Waals surface area contributed by atoms with Gasteiger partial charge in [-0.3, -0.25) is 4.98 Å². The smallest absolute Gasteiger partial charge is 0.329 e. The van der Waals surface area contributed by atoms with Crippen LogP contribution in [0.15, 0.2) is 103 Å². The van der Waals surface area contributed by atoms with Crippen LogP contribution < -0.4 is 10.1 Å².